The zero-order valence-electron chi connectivity index (χ0n) is 40.2. The number of unbranched alkanes of at least 4 members (excludes halogenated alkanes) is 34. The van der Waals surface area contributed by atoms with E-state index in [0.29, 0.717) is 19.3 Å². The van der Waals surface area contributed by atoms with Gasteiger partial charge in [0.25, 0.3) is 0 Å². The van der Waals surface area contributed by atoms with Crippen molar-refractivity contribution in [2.45, 2.75) is 303 Å². The van der Waals surface area contributed by atoms with E-state index < -0.39 is 6.10 Å². The molecule has 0 fully saturated rings. The molecular formula is C53H102O6. The molecule has 0 N–H and O–H groups in total. The van der Waals surface area contributed by atoms with Gasteiger partial charge in [-0.1, -0.05) is 259 Å². The molecule has 0 heterocycles. The van der Waals surface area contributed by atoms with E-state index in [-0.39, 0.29) is 31.1 Å². The van der Waals surface area contributed by atoms with Crippen LogP contribution in [0.3, 0.4) is 0 Å². The molecule has 2 atom stereocenters. The van der Waals surface area contributed by atoms with Gasteiger partial charge in [0.15, 0.2) is 6.10 Å². The number of ether oxygens (including phenoxy) is 3. The highest BCUT2D eigenvalue weighted by atomic mass is 16.6. The van der Waals surface area contributed by atoms with Gasteiger partial charge in [0, 0.05) is 19.3 Å². The lowest BCUT2D eigenvalue weighted by atomic mass is 9.99. The van der Waals surface area contributed by atoms with Gasteiger partial charge in [-0.25, -0.2) is 0 Å². The quantitative estimate of drug-likeness (QED) is 0.0345. The summed E-state index contributed by atoms with van der Waals surface area (Å²) in [6.07, 6.45) is 49.4. The average Bonchev–Trinajstić information content (AvgIpc) is 3.23. The molecule has 59 heavy (non-hydrogen) atoms. The highest BCUT2D eigenvalue weighted by Crippen LogP contribution is 2.18. The Kier molecular flexibility index (Phi) is 46.2. The molecule has 0 saturated heterocycles. The molecule has 0 aromatic rings. The van der Waals surface area contributed by atoms with Crippen molar-refractivity contribution in [3.63, 3.8) is 0 Å². The van der Waals surface area contributed by atoms with Gasteiger partial charge < -0.3 is 14.2 Å². The molecule has 6 nitrogen and oxygen atoms in total. The van der Waals surface area contributed by atoms with Gasteiger partial charge in [-0.15, -0.1) is 0 Å². The second-order valence-corrected chi connectivity index (χ2v) is 18.4. The van der Waals surface area contributed by atoms with Gasteiger partial charge in [-0.2, -0.15) is 0 Å². The Morgan fingerprint density at radius 1 is 0.339 bits per heavy atom. The number of carbonyl (C=O) groups is 3. The lowest BCUT2D eigenvalue weighted by molar-refractivity contribution is -0.167. The summed E-state index contributed by atoms with van der Waals surface area (Å²) in [5.74, 6) is 0.0504. The first-order valence-electron chi connectivity index (χ1n) is 26.4. The van der Waals surface area contributed by atoms with Gasteiger partial charge in [0.2, 0.25) is 0 Å². The molecule has 350 valence electrons. The largest absolute Gasteiger partial charge is 0.462 e. The predicted molar refractivity (Wildman–Crippen MR) is 252 cm³/mol. The van der Waals surface area contributed by atoms with Crippen molar-refractivity contribution in [3.8, 4) is 0 Å². The molecular weight excluding hydrogens is 733 g/mol. The van der Waals surface area contributed by atoms with Crippen LogP contribution in [0.4, 0.5) is 0 Å². The number of carbonyl (C=O) groups excluding carboxylic acids is 3. The average molecular weight is 835 g/mol. The summed E-state index contributed by atoms with van der Waals surface area (Å²) in [7, 11) is 0. The van der Waals surface area contributed by atoms with Crippen LogP contribution in [0.5, 0.6) is 0 Å². The minimum atomic E-state index is -0.760. The van der Waals surface area contributed by atoms with Gasteiger partial charge in [-0.05, 0) is 25.2 Å². The summed E-state index contributed by atoms with van der Waals surface area (Å²) in [6, 6.07) is 0. The van der Waals surface area contributed by atoms with E-state index in [0.717, 1.165) is 63.7 Å². The fourth-order valence-corrected chi connectivity index (χ4v) is 8.01. The van der Waals surface area contributed by atoms with Crippen molar-refractivity contribution in [3.05, 3.63) is 0 Å². The van der Waals surface area contributed by atoms with Gasteiger partial charge in [0.05, 0.1) is 0 Å². The standard InChI is InChI=1S/C53H102O6/c1-5-8-10-12-14-16-18-21-25-29-33-37-41-45-52(55)58-48-50(47-57-51(54)44-40-36-32-28-17-15-13-11-9-6-2)59-53(56)46-42-38-34-30-26-23-20-19-22-24-27-31-35-39-43-49(4)7-3/h49-50H,5-48H2,1-4H3/t49?,50-/m0/s1. The molecule has 0 radical (unpaired) electrons. The second-order valence-electron chi connectivity index (χ2n) is 18.4. The molecule has 0 spiro atoms. The first-order valence-corrected chi connectivity index (χ1v) is 26.4. The molecule has 0 aliphatic heterocycles. The third-order valence-electron chi connectivity index (χ3n) is 12.4. The minimum absolute atomic E-state index is 0.0626. The molecule has 0 bridgehead atoms. The van der Waals surface area contributed by atoms with Crippen LogP contribution >= 0.6 is 0 Å². The first kappa shape index (κ1) is 57.4. The Morgan fingerprint density at radius 3 is 0.881 bits per heavy atom. The summed E-state index contributed by atoms with van der Waals surface area (Å²) in [5.41, 5.74) is 0. The predicted octanol–water partition coefficient (Wildman–Crippen LogP) is 17.1. The molecule has 0 rings (SSSR count). The molecule has 0 aliphatic carbocycles. The summed E-state index contributed by atoms with van der Waals surface area (Å²) < 4.78 is 16.8. The zero-order chi connectivity index (χ0) is 43.1. The molecule has 0 aliphatic rings. The SMILES string of the molecule is CCCCCCCCCCCCCCCC(=O)OC[C@H](COC(=O)CCCCCCCCCCCC)OC(=O)CCCCCCCCCCCCCCCCC(C)CC. The Hall–Kier alpha value is -1.59. The van der Waals surface area contributed by atoms with E-state index in [1.807, 2.05) is 0 Å². The molecule has 0 aromatic carbocycles. The van der Waals surface area contributed by atoms with Crippen LogP contribution in [-0.2, 0) is 28.6 Å². The Labute approximate surface area is 368 Å². The third kappa shape index (κ3) is 45.8. The van der Waals surface area contributed by atoms with E-state index >= 15 is 0 Å². The van der Waals surface area contributed by atoms with E-state index in [1.165, 1.54) is 193 Å². The van der Waals surface area contributed by atoms with Crippen molar-refractivity contribution in [2.75, 3.05) is 13.2 Å². The number of hydrogen-bond acceptors (Lipinski definition) is 6. The van der Waals surface area contributed by atoms with Crippen LogP contribution < -0.4 is 0 Å². The van der Waals surface area contributed by atoms with Crippen LogP contribution in [0, 0.1) is 5.92 Å². The molecule has 0 aromatic heterocycles. The zero-order valence-corrected chi connectivity index (χ0v) is 40.2. The lowest BCUT2D eigenvalue weighted by Gasteiger charge is -2.18. The van der Waals surface area contributed by atoms with Gasteiger partial charge >= 0.3 is 17.9 Å². The molecule has 0 saturated carbocycles. The van der Waals surface area contributed by atoms with Crippen molar-refractivity contribution in [1.82, 2.24) is 0 Å². The van der Waals surface area contributed by atoms with E-state index in [2.05, 4.69) is 27.7 Å². The maximum Gasteiger partial charge on any atom is 0.306 e. The molecule has 1 unspecified atom stereocenters. The summed E-state index contributed by atoms with van der Waals surface area (Å²) in [5, 5.41) is 0. The van der Waals surface area contributed by atoms with Crippen molar-refractivity contribution in [1.29, 1.82) is 0 Å². The van der Waals surface area contributed by atoms with Crippen LogP contribution in [0.2, 0.25) is 0 Å². The maximum absolute atomic E-state index is 12.8. The topological polar surface area (TPSA) is 78.9 Å². The Morgan fingerprint density at radius 2 is 0.593 bits per heavy atom. The first-order chi connectivity index (χ1) is 28.9. The van der Waals surface area contributed by atoms with Crippen molar-refractivity contribution >= 4 is 17.9 Å². The fourth-order valence-electron chi connectivity index (χ4n) is 8.01. The van der Waals surface area contributed by atoms with E-state index in [4.69, 9.17) is 14.2 Å². The normalized spacial score (nSPS) is 12.4. The van der Waals surface area contributed by atoms with Crippen LogP contribution in [-0.4, -0.2) is 37.2 Å². The minimum Gasteiger partial charge on any atom is -0.462 e. The monoisotopic (exact) mass is 835 g/mol. The van der Waals surface area contributed by atoms with Gasteiger partial charge in [-0.3, -0.25) is 14.4 Å². The lowest BCUT2D eigenvalue weighted by Crippen LogP contribution is -2.30. The van der Waals surface area contributed by atoms with E-state index in [9.17, 15) is 14.4 Å². The summed E-state index contributed by atoms with van der Waals surface area (Å²) in [4.78, 5) is 37.9. The van der Waals surface area contributed by atoms with E-state index in [1.54, 1.807) is 0 Å². The molecule has 0 amide bonds. The van der Waals surface area contributed by atoms with Crippen molar-refractivity contribution < 1.29 is 28.6 Å². The molecule has 6 heteroatoms. The van der Waals surface area contributed by atoms with Crippen LogP contribution in [0.15, 0.2) is 0 Å². The fraction of sp³-hybridized carbons (Fsp3) is 0.943. The van der Waals surface area contributed by atoms with Gasteiger partial charge in [0.1, 0.15) is 13.2 Å². The van der Waals surface area contributed by atoms with Crippen LogP contribution in [0.25, 0.3) is 0 Å². The number of rotatable bonds is 48. The smallest absolute Gasteiger partial charge is 0.306 e. The number of esters is 3. The van der Waals surface area contributed by atoms with Crippen LogP contribution in [0.1, 0.15) is 297 Å². The summed E-state index contributed by atoms with van der Waals surface area (Å²) in [6.45, 7) is 9.06. The third-order valence-corrected chi connectivity index (χ3v) is 12.4. The Bertz CT molecular complexity index is 889. The second kappa shape index (κ2) is 47.5. The Balaban J connectivity index is 4.27. The highest BCUT2D eigenvalue weighted by Gasteiger charge is 2.19. The maximum atomic E-state index is 12.8. The van der Waals surface area contributed by atoms with Crippen molar-refractivity contribution in [2.24, 2.45) is 5.92 Å². The number of hydrogen-bond donors (Lipinski definition) is 0. The highest BCUT2D eigenvalue weighted by molar-refractivity contribution is 5.71. The summed E-state index contributed by atoms with van der Waals surface area (Å²) >= 11 is 0.